The lowest BCUT2D eigenvalue weighted by Crippen LogP contribution is -2.14. The van der Waals surface area contributed by atoms with E-state index in [0.717, 1.165) is 12.2 Å². The van der Waals surface area contributed by atoms with E-state index in [9.17, 15) is 4.39 Å². The summed E-state index contributed by atoms with van der Waals surface area (Å²) in [4.78, 5) is 0. The number of aromatic nitrogens is 2. The molecule has 0 amide bonds. The summed E-state index contributed by atoms with van der Waals surface area (Å²) in [6.07, 6.45) is 3.83. The van der Waals surface area contributed by atoms with E-state index < -0.39 is 0 Å². The van der Waals surface area contributed by atoms with Gasteiger partial charge in [0.15, 0.2) is 0 Å². The molecule has 0 saturated carbocycles. The molecule has 0 aliphatic heterocycles. The fourth-order valence-corrected chi connectivity index (χ4v) is 1.75. The molecule has 2 rings (SSSR count). The Morgan fingerprint density at radius 3 is 2.71 bits per heavy atom. The molecule has 0 radical (unpaired) electrons. The summed E-state index contributed by atoms with van der Waals surface area (Å²) in [5.41, 5.74) is 2.04. The summed E-state index contributed by atoms with van der Waals surface area (Å²) in [6, 6.07) is 6.31. The van der Waals surface area contributed by atoms with Crippen LogP contribution in [-0.4, -0.2) is 23.4 Å². The number of rotatable bonds is 4. The predicted molar refractivity (Wildman–Crippen MR) is 65.9 cm³/mol. The molecule has 0 bridgehead atoms. The van der Waals surface area contributed by atoms with Crippen molar-refractivity contribution in [1.29, 1.82) is 0 Å². The average Bonchev–Trinajstić information content (AvgIpc) is 2.80. The quantitative estimate of drug-likeness (QED) is 0.878. The second kappa shape index (κ2) is 5.10. The van der Waals surface area contributed by atoms with E-state index in [1.54, 1.807) is 16.8 Å². The van der Waals surface area contributed by atoms with Gasteiger partial charge in [0.05, 0.1) is 11.9 Å². The number of hydrogen-bond donors (Lipinski definition) is 1. The van der Waals surface area contributed by atoms with Gasteiger partial charge < -0.3 is 5.32 Å². The molecule has 0 fully saturated rings. The van der Waals surface area contributed by atoms with Gasteiger partial charge in [0, 0.05) is 12.7 Å². The zero-order chi connectivity index (χ0) is 12.3. The summed E-state index contributed by atoms with van der Waals surface area (Å²) in [5.74, 6) is 0.180. The Balaban J connectivity index is 2.20. The summed E-state index contributed by atoms with van der Waals surface area (Å²) >= 11 is 0. The van der Waals surface area contributed by atoms with Gasteiger partial charge >= 0.3 is 0 Å². The largest absolute Gasteiger partial charge is 0.319 e. The fraction of sp³-hybridized carbons (Fsp3) is 0.308. The molecule has 0 spiro atoms. The zero-order valence-corrected chi connectivity index (χ0v) is 10.0. The standard InChI is InChI=1S/C13H16FN3/c1-10(7-15-2)11-8-16-17(9-11)13-5-3-12(14)4-6-13/h3-6,8-10,15H,7H2,1-2H3. The van der Waals surface area contributed by atoms with Gasteiger partial charge in [0.2, 0.25) is 0 Å². The second-order valence-electron chi connectivity index (χ2n) is 4.15. The SMILES string of the molecule is CNCC(C)c1cnn(-c2ccc(F)cc2)c1. The third-order valence-corrected chi connectivity index (χ3v) is 2.77. The highest BCUT2D eigenvalue weighted by Gasteiger charge is 2.07. The van der Waals surface area contributed by atoms with E-state index >= 15 is 0 Å². The van der Waals surface area contributed by atoms with Gasteiger partial charge in [-0.15, -0.1) is 0 Å². The van der Waals surface area contributed by atoms with Crippen LogP contribution in [0.1, 0.15) is 18.4 Å². The Morgan fingerprint density at radius 2 is 2.06 bits per heavy atom. The normalized spacial score (nSPS) is 12.6. The summed E-state index contributed by atoms with van der Waals surface area (Å²) < 4.78 is 14.6. The minimum Gasteiger partial charge on any atom is -0.319 e. The Labute approximate surface area is 100 Å². The number of halogens is 1. The Hall–Kier alpha value is -1.68. The number of nitrogens with zero attached hydrogens (tertiary/aromatic N) is 2. The maximum atomic E-state index is 12.8. The van der Waals surface area contributed by atoms with Crippen LogP contribution in [0.3, 0.4) is 0 Å². The molecule has 1 aromatic carbocycles. The Kier molecular flexibility index (Phi) is 3.54. The van der Waals surface area contributed by atoms with Crippen molar-refractivity contribution in [3.63, 3.8) is 0 Å². The first-order chi connectivity index (χ1) is 8.20. The minimum atomic E-state index is -0.232. The van der Waals surface area contributed by atoms with Crippen molar-refractivity contribution in [3.05, 3.63) is 48.0 Å². The highest BCUT2D eigenvalue weighted by atomic mass is 19.1. The van der Waals surface area contributed by atoms with Crippen molar-refractivity contribution in [2.75, 3.05) is 13.6 Å². The third kappa shape index (κ3) is 2.71. The average molecular weight is 233 g/mol. The van der Waals surface area contributed by atoms with Crippen LogP contribution in [0.2, 0.25) is 0 Å². The number of nitrogens with one attached hydrogen (secondary N) is 1. The van der Waals surface area contributed by atoms with E-state index in [4.69, 9.17) is 0 Å². The van der Waals surface area contributed by atoms with Crippen LogP contribution >= 0.6 is 0 Å². The molecular weight excluding hydrogens is 217 g/mol. The molecule has 4 heteroatoms. The van der Waals surface area contributed by atoms with E-state index in [0.29, 0.717) is 5.92 Å². The van der Waals surface area contributed by atoms with Crippen molar-refractivity contribution in [3.8, 4) is 5.69 Å². The van der Waals surface area contributed by atoms with Crippen molar-refractivity contribution in [2.45, 2.75) is 12.8 Å². The van der Waals surface area contributed by atoms with Crippen molar-refractivity contribution < 1.29 is 4.39 Å². The lowest BCUT2D eigenvalue weighted by atomic mass is 10.1. The van der Waals surface area contributed by atoms with Gasteiger partial charge in [0.1, 0.15) is 5.82 Å². The molecule has 1 heterocycles. The molecule has 1 aromatic heterocycles. The molecule has 1 N–H and O–H groups in total. The summed E-state index contributed by atoms with van der Waals surface area (Å²) in [7, 11) is 1.93. The van der Waals surface area contributed by atoms with Gasteiger partial charge in [-0.3, -0.25) is 0 Å². The topological polar surface area (TPSA) is 29.9 Å². The fourth-order valence-electron chi connectivity index (χ4n) is 1.75. The summed E-state index contributed by atoms with van der Waals surface area (Å²) in [6.45, 7) is 3.05. The molecular formula is C13H16FN3. The van der Waals surface area contributed by atoms with Crippen LogP contribution < -0.4 is 5.32 Å². The van der Waals surface area contributed by atoms with Crippen molar-refractivity contribution in [2.24, 2.45) is 0 Å². The molecule has 0 aliphatic carbocycles. The summed E-state index contributed by atoms with van der Waals surface area (Å²) in [5, 5.41) is 7.42. The van der Waals surface area contributed by atoms with Crippen LogP contribution in [-0.2, 0) is 0 Å². The predicted octanol–water partition coefficient (Wildman–Crippen LogP) is 2.33. The molecule has 1 unspecified atom stereocenters. The Bertz CT molecular complexity index is 476. The van der Waals surface area contributed by atoms with E-state index in [1.165, 1.54) is 17.7 Å². The lowest BCUT2D eigenvalue weighted by Gasteiger charge is -2.07. The van der Waals surface area contributed by atoms with Gasteiger partial charge in [0.25, 0.3) is 0 Å². The van der Waals surface area contributed by atoms with E-state index in [-0.39, 0.29) is 5.82 Å². The van der Waals surface area contributed by atoms with E-state index in [2.05, 4.69) is 17.3 Å². The highest BCUT2D eigenvalue weighted by Crippen LogP contribution is 2.15. The smallest absolute Gasteiger partial charge is 0.123 e. The van der Waals surface area contributed by atoms with Crippen molar-refractivity contribution in [1.82, 2.24) is 15.1 Å². The number of benzene rings is 1. The minimum absolute atomic E-state index is 0.232. The molecule has 0 aliphatic rings. The van der Waals surface area contributed by atoms with Crippen LogP contribution in [0.15, 0.2) is 36.7 Å². The van der Waals surface area contributed by atoms with Crippen LogP contribution in [0.4, 0.5) is 4.39 Å². The van der Waals surface area contributed by atoms with Gasteiger partial charge in [-0.1, -0.05) is 6.92 Å². The zero-order valence-electron chi connectivity index (χ0n) is 10.0. The van der Waals surface area contributed by atoms with Gasteiger partial charge in [-0.05, 0) is 42.8 Å². The number of hydrogen-bond acceptors (Lipinski definition) is 2. The maximum Gasteiger partial charge on any atom is 0.123 e. The molecule has 17 heavy (non-hydrogen) atoms. The second-order valence-corrected chi connectivity index (χ2v) is 4.15. The molecule has 0 saturated heterocycles. The highest BCUT2D eigenvalue weighted by molar-refractivity contribution is 5.32. The third-order valence-electron chi connectivity index (χ3n) is 2.77. The molecule has 2 aromatic rings. The first kappa shape index (κ1) is 11.8. The van der Waals surface area contributed by atoms with Gasteiger partial charge in [-0.25, -0.2) is 9.07 Å². The van der Waals surface area contributed by atoms with Crippen molar-refractivity contribution >= 4 is 0 Å². The van der Waals surface area contributed by atoms with Crippen LogP contribution in [0.5, 0.6) is 0 Å². The molecule has 1 atom stereocenters. The first-order valence-corrected chi connectivity index (χ1v) is 5.66. The molecule has 3 nitrogen and oxygen atoms in total. The first-order valence-electron chi connectivity index (χ1n) is 5.66. The van der Waals surface area contributed by atoms with Gasteiger partial charge in [-0.2, -0.15) is 5.10 Å². The maximum absolute atomic E-state index is 12.8. The Morgan fingerprint density at radius 1 is 1.35 bits per heavy atom. The van der Waals surface area contributed by atoms with E-state index in [1.807, 2.05) is 19.4 Å². The lowest BCUT2D eigenvalue weighted by molar-refractivity contribution is 0.627. The monoisotopic (exact) mass is 233 g/mol. The number of likely N-dealkylation sites (N-methyl/N-ethyl adjacent to an activating group) is 1. The molecule has 90 valence electrons. The van der Waals surface area contributed by atoms with Crippen LogP contribution in [0, 0.1) is 5.82 Å². The van der Waals surface area contributed by atoms with Crippen LogP contribution in [0.25, 0.3) is 5.69 Å².